The molecule has 118 valence electrons. The van der Waals surface area contributed by atoms with E-state index in [0.29, 0.717) is 12.1 Å². The summed E-state index contributed by atoms with van der Waals surface area (Å²) in [6.45, 7) is 0.488. The van der Waals surface area contributed by atoms with E-state index in [4.69, 9.17) is 11.6 Å². The van der Waals surface area contributed by atoms with Gasteiger partial charge >= 0.3 is 0 Å². The Labute approximate surface area is 130 Å². The monoisotopic (exact) mass is 334 g/mol. The van der Waals surface area contributed by atoms with E-state index < -0.39 is 16.0 Å². The van der Waals surface area contributed by atoms with Crippen molar-refractivity contribution in [1.82, 2.24) is 8.61 Å². The largest absolute Gasteiger partial charge is 0.282 e. The number of benzene rings is 1. The normalized spacial score (nSPS) is 20.9. The maximum absolute atomic E-state index is 13.7. The first kappa shape index (κ1) is 16.7. The smallest absolute Gasteiger partial charge is 0.207 e. The summed E-state index contributed by atoms with van der Waals surface area (Å²) in [5, 5.41) is 0. The fraction of sp³-hybridized carbons (Fsp3) is 0.571. The SMILES string of the molecule is CN(Cc1ccccc1F)S(=O)(=O)N1CCCCC1CCl. The van der Waals surface area contributed by atoms with Crippen molar-refractivity contribution in [2.75, 3.05) is 19.5 Å². The minimum atomic E-state index is -3.62. The van der Waals surface area contributed by atoms with Crippen LogP contribution in [0.5, 0.6) is 0 Å². The van der Waals surface area contributed by atoms with E-state index in [1.165, 1.54) is 21.7 Å². The van der Waals surface area contributed by atoms with Gasteiger partial charge in [0.1, 0.15) is 5.82 Å². The van der Waals surface area contributed by atoms with E-state index in [0.717, 1.165) is 19.3 Å². The summed E-state index contributed by atoms with van der Waals surface area (Å²) < 4.78 is 41.6. The van der Waals surface area contributed by atoms with Gasteiger partial charge < -0.3 is 0 Å². The van der Waals surface area contributed by atoms with Crippen molar-refractivity contribution in [2.45, 2.75) is 31.8 Å². The third-order valence-electron chi connectivity index (χ3n) is 3.79. The van der Waals surface area contributed by atoms with E-state index in [2.05, 4.69) is 0 Å². The first-order valence-electron chi connectivity index (χ1n) is 6.99. The van der Waals surface area contributed by atoms with Crippen LogP contribution in [0.2, 0.25) is 0 Å². The highest BCUT2D eigenvalue weighted by atomic mass is 35.5. The maximum atomic E-state index is 13.7. The first-order valence-corrected chi connectivity index (χ1v) is 8.92. The summed E-state index contributed by atoms with van der Waals surface area (Å²) >= 11 is 5.89. The van der Waals surface area contributed by atoms with Gasteiger partial charge in [-0.15, -0.1) is 11.6 Å². The molecule has 1 aromatic carbocycles. The van der Waals surface area contributed by atoms with Crippen LogP contribution in [0, 0.1) is 5.82 Å². The molecule has 1 aromatic rings. The van der Waals surface area contributed by atoms with Gasteiger partial charge in [0.15, 0.2) is 0 Å². The number of rotatable bonds is 5. The van der Waals surface area contributed by atoms with Crippen LogP contribution in [-0.2, 0) is 16.8 Å². The topological polar surface area (TPSA) is 40.6 Å². The summed E-state index contributed by atoms with van der Waals surface area (Å²) in [6.07, 6.45) is 2.59. The van der Waals surface area contributed by atoms with Crippen molar-refractivity contribution in [3.05, 3.63) is 35.6 Å². The summed E-state index contributed by atoms with van der Waals surface area (Å²) in [5.41, 5.74) is 0.364. The summed E-state index contributed by atoms with van der Waals surface area (Å²) in [7, 11) is -2.15. The van der Waals surface area contributed by atoms with Gasteiger partial charge in [-0.2, -0.15) is 17.0 Å². The molecule has 7 heteroatoms. The van der Waals surface area contributed by atoms with Crippen molar-refractivity contribution in [2.24, 2.45) is 0 Å². The number of halogens is 2. The van der Waals surface area contributed by atoms with Crippen molar-refractivity contribution < 1.29 is 12.8 Å². The lowest BCUT2D eigenvalue weighted by Crippen LogP contribution is -2.50. The molecule has 0 aromatic heterocycles. The summed E-state index contributed by atoms with van der Waals surface area (Å²) in [6, 6.07) is 6.03. The lowest BCUT2D eigenvalue weighted by Gasteiger charge is -2.36. The van der Waals surface area contributed by atoms with E-state index in [1.807, 2.05) is 0 Å². The molecule has 0 spiro atoms. The second-order valence-electron chi connectivity index (χ2n) is 5.27. The quantitative estimate of drug-likeness (QED) is 0.777. The van der Waals surface area contributed by atoms with E-state index in [1.54, 1.807) is 18.2 Å². The first-order chi connectivity index (χ1) is 9.96. The van der Waals surface area contributed by atoms with E-state index in [9.17, 15) is 12.8 Å². The average Bonchev–Trinajstić information content (AvgIpc) is 2.49. The lowest BCUT2D eigenvalue weighted by atomic mass is 10.1. The van der Waals surface area contributed by atoms with Gasteiger partial charge in [0, 0.05) is 37.6 Å². The Morgan fingerprint density at radius 1 is 1.38 bits per heavy atom. The van der Waals surface area contributed by atoms with Crippen LogP contribution in [0.25, 0.3) is 0 Å². The molecule has 1 saturated heterocycles. The standard InChI is InChI=1S/C14H20ClFN2O2S/c1-17(11-12-6-2-3-8-14(12)16)21(19,20)18-9-5-4-7-13(18)10-15/h2-3,6,8,13H,4-5,7,9-11H2,1H3. The molecular formula is C14H20ClFN2O2S. The van der Waals surface area contributed by atoms with Crippen LogP contribution in [0.1, 0.15) is 24.8 Å². The fourth-order valence-electron chi connectivity index (χ4n) is 2.56. The highest BCUT2D eigenvalue weighted by molar-refractivity contribution is 7.86. The summed E-state index contributed by atoms with van der Waals surface area (Å²) in [4.78, 5) is 0. The Morgan fingerprint density at radius 3 is 2.76 bits per heavy atom. The predicted octanol–water partition coefficient (Wildman–Crippen LogP) is 2.60. The van der Waals surface area contributed by atoms with Gasteiger partial charge in [0.05, 0.1) is 0 Å². The molecule has 4 nitrogen and oxygen atoms in total. The molecule has 2 rings (SSSR count). The maximum Gasteiger partial charge on any atom is 0.282 e. The minimum Gasteiger partial charge on any atom is -0.207 e. The van der Waals surface area contributed by atoms with Crippen LogP contribution in [0.4, 0.5) is 4.39 Å². The number of nitrogens with zero attached hydrogens (tertiary/aromatic N) is 2. The molecule has 0 N–H and O–H groups in total. The van der Waals surface area contributed by atoms with Crippen molar-refractivity contribution in [3.63, 3.8) is 0 Å². The van der Waals surface area contributed by atoms with Gasteiger partial charge in [-0.25, -0.2) is 4.39 Å². The van der Waals surface area contributed by atoms with E-state index in [-0.39, 0.29) is 18.5 Å². The highest BCUT2D eigenvalue weighted by Crippen LogP contribution is 2.24. The van der Waals surface area contributed by atoms with Crippen molar-refractivity contribution >= 4 is 21.8 Å². The zero-order chi connectivity index (χ0) is 15.5. The average molecular weight is 335 g/mol. The molecule has 0 amide bonds. The zero-order valence-electron chi connectivity index (χ0n) is 12.0. The molecule has 0 bridgehead atoms. The molecule has 0 aliphatic carbocycles. The zero-order valence-corrected chi connectivity index (χ0v) is 13.6. The minimum absolute atomic E-state index is 0.0144. The Kier molecular flexibility index (Phi) is 5.60. The third-order valence-corrected chi connectivity index (χ3v) is 6.14. The molecule has 1 fully saturated rings. The van der Waals surface area contributed by atoms with Gasteiger partial charge in [0.25, 0.3) is 10.2 Å². The number of hydrogen-bond donors (Lipinski definition) is 0. The third kappa shape index (κ3) is 3.74. The van der Waals surface area contributed by atoms with Crippen LogP contribution in [0.15, 0.2) is 24.3 Å². The second-order valence-corrected chi connectivity index (χ2v) is 7.57. The Bertz CT molecular complexity index is 582. The molecule has 0 radical (unpaired) electrons. The number of piperidine rings is 1. The Morgan fingerprint density at radius 2 is 2.10 bits per heavy atom. The van der Waals surface area contributed by atoms with Gasteiger partial charge in [-0.05, 0) is 18.9 Å². The molecule has 0 saturated carbocycles. The highest BCUT2D eigenvalue weighted by Gasteiger charge is 2.34. The van der Waals surface area contributed by atoms with Crippen LogP contribution in [-0.4, -0.2) is 42.5 Å². The van der Waals surface area contributed by atoms with Crippen molar-refractivity contribution in [1.29, 1.82) is 0 Å². The predicted molar refractivity (Wildman–Crippen MR) is 81.9 cm³/mol. The van der Waals surface area contributed by atoms with Crippen molar-refractivity contribution in [3.8, 4) is 0 Å². The number of hydrogen-bond acceptors (Lipinski definition) is 2. The Balaban J connectivity index is 2.16. The summed E-state index contributed by atoms with van der Waals surface area (Å²) in [5.74, 6) is -0.112. The Hall–Kier alpha value is -0.690. The second kappa shape index (κ2) is 7.05. The van der Waals surface area contributed by atoms with Crippen LogP contribution in [0.3, 0.4) is 0 Å². The molecule has 1 atom stereocenters. The molecule has 1 unspecified atom stereocenters. The number of alkyl halides is 1. The molecule has 1 aliphatic rings. The van der Waals surface area contributed by atoms with E-state index >= 15 is 0 Å². The molecule has 1 aliphatic heterocycles. The molecular weight excluding hydrogens is 315 g/mol. The van der Waals surface area contributed by atoms with Gasteiger partial charge in [-0.3, -0.25) is 0 Å². The van der Waals surface area contributed by atoms with Gasteiger partial charge in [0.2, 0.25) is 0 Å². The van der Waals surface area contributed by atoms with Gasteiger partial charge in [-0.1, -0.05) is 24.6 Å². The molecule has 21 heavy (non-hydrogen) atoms. The molecule has 1 heterocycles. The van der Waals surface area contributed by atoms with Crippen LogP contribution >= 0.6 is 11.6 Å². The van der Waals surface area contributed by atoms with Crippen LogP contribution < -0.4 is 0 Å². The fourth-order valence-corrected chi connectivity index (χ4v) is 4.54. The lowest BCUT2D eigenvalue weighted by molar-refractivity contribution is 0.251.